The topological polar surface area (TPSA) is 71.0 Å². The first-order valence-corrected chi connectivity index (χ1v) is 11.2. The van der Waals surface area contributed by atoms with E-state index in [1.807, 2.05) is 42.5 Å². The lowest BCUT2D eigenvalue weighted by molar-refractivity contribution is -0.114. The van der Waals surface area contributed by atoms with E-state index in [4.69, 9.17) is 21.1 Å². The predicted octanol–water partition coefficient (Wildman–Crippen LogP) is 4.11. The van der Waals surface area contributed by atoms with Crippen LogP contribution in [0, 0.1) is 0 Å². The molecule has 1 amide bonds. The first-order chi connectivity index (χ1) is 15.0. The van der Waals surface area contributed by atoms with Crippen molar-refractivity contribution < 1.29 is 19.4 Å². The summed E-state index contributed by atoms with van der Waals surface area (Å²) >= 11 is 6.05. The van der Waals surface area contributed by atoms with E-state index in [0.717, 1.165) is 44.5 Å². The Labute approximate surface area is 188 Å². The van der Waals surface area contributed by atoms with Crippen LogP contribution in [0.5, 0.6) is 11.5 Å². The highest BCUT2D eigenvalue weighted by molar-refractivity contribution is 6.30. The summed E-state index contributed by atoms with van der Waals surface area (Å²) in [7, 11) is 0. The van der Waals surface area contributed by atoms with Gasteiger partial charge in [0.15, 0.2) is 0 Å². The number of ether oxygens (including phenoxy) is 2. The third kappa shape index (κ3) is 5.50. The van der Waals surface area contributed by atoms with Crippen molar-refractivity contribution in [2.24, 2.45) is 0 Å². The maximum Gasteiger partial charge on any atom is 0.221 e. The number of rotatable bonds is 6. The number of aliphatic hydroxyl groups is 1. The Morgan fingerprint density at radius 2 is 1.84 bits per heavy atom. The summed E-state index contributed by atoms with van der Waals surface area (Å²) < 4.78 is 12.2. The van der Waals surface area contributed by atoms with Gasteiger partial charge in [-0.3, -0.25) is 9.69 Å². The van der Waals surface area contributed by atoms with Gasteiger partial charge in [-0.2, -0.15) is 0 Å². The van der Waals surface area contributed by atoms with Crippen LogP contribution in [0.15, 0.2) is 48.5 Å². The first-order valence-electron chi connectivity index (χ1n) is 10.9. The molecule has 1 aliphatic heterocycles. The number of halogens is 1. The molecule has 31 heavy (non-hydrogen) atoms. The average Bonchev–Trinajstić information content (AvgIpc) is 3.10. The molecule has 0 aromatic heterocycles. The summed E-state index contributed by atoms with van der Waals surface area (Å²) in [4.78, 5) is 13.8. The number of nitrogens with zero attached hydrogens (tertiary/aromatic N) is 1. The van der Waals surface area contributed by atoms with Gasteiger partial charge in [-0.05, 0) is 56.0 Å². The highest BCUT2D eigenvalue weighted by Gasteiger charge is 2.41. The molecule has 0 bridgehead atoms. The molecular weight excluding hydrogens is 416 g/mol. The number of piperidine rings is 1. The molecule has 2 aromatic rings. The number of hydrogen-bond donors (Lipinski definition) is 2. The van der Waals surface area contributed by atoms with Gasteiger partial charge in [0.05, 0.1) is 5.69 Å². The number of carbonyl (C=O) groups is 1. The van der Waals surface area contributed by atoms with Gasteiger partial charge in [-0.25, -0.2) is 0 Å². The van der Waals surface area contributed by atoms with Crippen molar-refractivity contribution in [3.05, 3.63) is 53.6 Å². The molecular formula is C24H29ClN2O4. The number of nitrogens with one attached hydrogen (secondary N) is 1. The second-order valence-corrected chi connectivity index (χ2v) is 8.72. The van der Waals surface area contributed by atoms with Gasteiger partial charge in [0, 0.05) is 31.1 Å². The largest absolute Gasteiger partial charge is 0.490 e. The minimum atomic E-state index is -0.573. The Kier molecular flexibility index (Phi) is 7.00. The van der Waals surface area contributed by atoms with Crippen molar-refractivity contribution in [2.45, 2.75) is 57.0 Å². The van der Waals surface area contributed by atoms with Crippen molar-refractivity contribution >= 4 is 23.2 Å². The molecule has 4 rings (SSSR count). The molecule has 2 aromatic carbocycles. The maximum atomic E-state index is 11.4. The zero-order valence-electron chi connectivity index (χ0n) is 17.7. The average molecular weight is 445 g/mol. The fourth-order valence-corrected chi connectivity index (χ4v) is 4.72. The van der Waals surface area contributed by atoms with Gasteiger partial charge in [0.2, 0.25) is 5.91 Å². The van der Waals surface area contributed by atoms with Crippen LogP contribution in [0.1, 0.15) is 32.6 Å². The molecule has 0 radical (unpaired) electrons. The highest BCUT2D eigenvalue weighted by Crippen LogP contribution is 2.33. The van der Waals surface area contributed by atoms with Gasteiger partial charge in [-0.1, -0.05) is 29.8 Å². The van der Waals surface area contributed by atoms with Crippen LogP contribution in [0.3, 0.4) is 0 Å². The lowest BCUT2D eigenvalue weighted by atomic mass is 10.0. The molecule has 1 saturated heterocycles. The standard InChI is InChI=1S/C24H29ClN2O4/c1-16(28)26-20-7-2-3-8-22(20)31-23-10-9-21(24(23)29)27-13-11-18(12-14-27)30-19-6-4-5-17(25)15-19/h2-8,15,18,21,23-24,29H,9-14H2,1H3,(H,26,28). The highest BCUT2D eigenvalue weighted by atomic mass is 35.5. The van der Waals surface area contributed by atoms with E-state index in [0.29, 0.717) is 16.5 Å². The zero-order chi connectivity index (χ0) is 21.8. The summed E-state index contributed by atoms with van der Waals surface area (Å²) in [6.07, 6.45) is 2.77. The molecule has 2 fully saturated rings. The number of para-hydroxylation sites is 2. The molecule has 1 aliphatic carbocycles. The summed E-state index contributed by atoms with van der Waals surface area (Å²) in [5.41, 5.74) is 0.629. The van der Waals surface area contributed by atoms with Crippen molar-refractivity contribution in [2.75, 3.05) is 18.4 Å². The molecule has 2 aliphatic rings. The molecule has 3 atom stereocenters. The number of anilines is 1. The predicted molar refractivity (Wildman–Crippen MR) is 121 cm³/mol. The normalized spacial score (nSPS) is 24.7. The second-order valence-electron chi connectivity index (χ2n) is 8.28. The van der Waals surface area contributed by atoms with Crippen molar-refractivity contribution in [3.8, 4) is 11.5 Å². The van der Waals surface area contributed by atoms with Gasteiger partial charge >= 0.3 is 0 Å². The third-order valence-corrected chi connectivity index (χ3v) is 6.28. The van der Waals surface area contributed by atoms with E-state index in [2.05, 4.69) is 10.2 Å². The van der Waals surface area contributed by atoms with E-state index in [1.54, 1.807) is 6.07 Å². The monoisotopic (exact) mass is 444 g/mol. The maximum absolute atomic E-state index is 11.4. The quantitative estimate of drug-likeness (QED) is 0.701. The Morgan fingerprint density at radius 1 is 1.06 bits per heavy atom. The second kappa shape index (κ2) is 9.90. The lowest BCUT2D eigenvalue weighted by Crippen LogP contribution is -2.49. The molecule has 0 spiro atoms. The fourth-order valence-electron chi connectivity index (χ4n) is 4.53. The van der Waals surface area contributed by atoms with Gasteiger partial charge in [0.25, 0.3) is 0 Å². The summed E-state index contributed by atoms with van der Waals surface area (Å²) in [6, 6.07) is 14.9. The lowest BCUT2D eigenvalue weighted by Gasteiger charge is -2.37. The zero-order valence-corrected chi connectivity index (χ0v) is 18.4. The number of likely N-dealkylation sites (tertiary alicyclic amines) is 1. The van der Waals surface area contributed by atoms with Crippen LogP contribution in [0.2, 0.25) is 5.02 Å². The molecule has 7 heteroatoms. The van der Waals surface area contributed by atoms with Crippen LogP contribution in [0.25, 0.3) is 0 Å². The van der Waals surface area contributed by atoms with Crippen molar-refractivity contribution in [1.82, 2.24) is 4.90 Å². The van der Waals surface area contributed by atoms with Gasteiger partial charge in [-0.15, -0.1) is 0 Å². The van der Waals surface area contributed by atoms with E-state index in [9.17, 15) is 9.90 Å². The van der Waals surface area contributed by atoms with E-state index >= 15 is 0 Å². The molecule has 1 saturated carbocycles. The van der Waals surface area contributed by atoms with E-state index < -0.39 is 6.10 Å². The van der Waals surface area contributed by atoms with Crippen molar-refractivity contribution in [3.63, 3.8) is 0 Å². The number of carbonyl (C=O) groups excluding carboxylic acids is 1. The summed E-state index contributed by atoms with van der Waals surface area (Å²) in [5.74, 6) is 1.25. The molecule has 1 heterocycles. The number of aliphatic hydroxyl groups excluding tert-OH is 1. The SMILES string of the molecule is CC(=O)Nc1ccccc1OC1CCC(N2CCC(Oc3cccc(Cl)c3)CC2)C1O. The number of hydrogen-bond acceptors (Lipinski definition) is 5. The van der Waals surface area contributed by atoms with Gasteiger partial charge < -0.3 is 19.9 Å². The summed E-state index contributed by atoms with van der Waals surface area (Å²) in [6.45, 7) is 3.22. The van der Waals surface area contributed by atoms with Gasteiger partial charge in [0.1, 0.15) is 29.8 Å². The molecule has 166 valence electrons. The smallest absolute Gasteiger partial charge is 0.221 e. The molecule has 3 unspecified atom stereocenters. The molecule has 2 N–H and O–H groups in total. The van der Waals surface area contributed by atoms with Crippen LogP contribution in [-0.4, -0.2) is 53.4 Å². The number of amides is 1. The van der Waals surface area contributed by atoms with Crippen LogP contribution in [-0.2, 0) is 4.79 Å². The number of benzene rings is 2. The van der Waals surface area contributed by atoms with E-state index in [1.165, 1.54) is 6.92 Å². The minimum absolute atomic E-state index is 0.0741. The van der Waals surface area contributed by atoms with E-state index in [-0.39, 0.29) is 24.2 Å². The van der Waals surface area contributed by atoms with Crippen LogP contribution in [0.4, 0.5) is 5.69 Å². The first kappa shape index (κ1) is 21.9. The van der Waals surface area contributed by atoms with Crippen LogP contribution >= 0.6 is 11.6 Å². The van der Waals surface area contributed by atoms with Crippen LogP contribution < -0.4 is 14.8 Å². The summed E-state index contributed by atoms with van der Waals surface area (Å²) in [5, 5.41) is 14.4. The Morgan fingerprint density at radius 3 is 2.58 bits per heavy atom. The Balaban J connectivity index is 1.31. The molecule has 6 nitrogen and oxygen atoms in total. The fraction of sp³-hybridized carbons (Fsp3) is 0.458. The minimum Gasteiger partial charge on any atom is -0.490 e. The Bertz CT molecular complexity index is 901. The third-order valence-electron chi connectivity index (χ3n) is 6.04. The Hall–Kier alpha value is -2.28. The van der Waals surface area contributed by atoms with Crippen molar-refractivity contribution in [1.29, 1.82) is 0 Å².